The summed E-state index contributed by atoms with van der Waals surface area (Å²) in [5.74, 6) is -0.390. The minimum atomic E-state index is -1.18. The highest BCUT2D eigenvalue weighted by Crippen LogP contribution is 2.26. The average molecular weight is 490 g/mol. The number of ether oxygens (including phenoxy) is 2. The summed E-state index contributed by atoms with van der Waals surface area (Å²) in [5.41, 5.74) is 3.63. The Morgan fingerprint density at radius 2 is 1.89 bits per heavy atom. The number of hydrogen-bond donors (Lipinski definition) is 1. The molecule has 4 rings (SSSR count). The van der Waals surface area contributed by atoms with Crippen LogP contribution in [0.15, 0.2) is 72.1 Å². The van der Waals surface area contributed by atoms with Gasteiger partial charge in [0.05, 0.1) is 30.1 Å². The summed E-state index contributed by atoms with van der Waals surface area (Å²) in [4.78, 5) is 12.2. The van der Waals surface area contributed by atoms with Crippen LogP contribution in [0.4, 0.5) is 11.4 Å². The number of aromatic nitrogens is 3. The van der Waals surface area contributed by atoms with E-state index in [-0.39, 0.29) is 0 Å². The summed E-state index contributed by atoms with van der Waals surface area (Å²) >= 11 is 0. The van der Waals surface area contributed by atoms with E-state index in [2.05, 4.69) is 30.1 Å². The lowest BCUT2D eigenvalue weighted by Crippen LogP contribution is -2.22. The summed E-state index contributed by atoms with van der Waals surface area (Å²) in [6.45, 7) is 8.05. The first-order chi connectivity index (χ1) is 16.8. The third-order valence-corrected chi connectivity index (χ3v) is 7.21. The van der Waals surface area contributed by atoms with Crippen LogP contribution in [0, 0.1) is 0 Å². The molecule has 0 aliphatic carbocycles. The van der Waals surface area contributed by atoms with Crippen molar-refractivity contribution in [3.05, 3.63) is 78.2 Å². The summed E-state index contributed by atoms with van der Waals surface area (Å²) in [7, 11) is 0.194. The van der Waals surface area contributed by atoms with E-state index in [0.717, 1.165) is 28.3 Å². The highest BCUT2D eigenvalue weighted by molar-refractivity contribution is 6.76. The third kappa shape index (κ3) is 6.26. The van der Waals surface area contributed by atoms with Gasteiger partial charge in [0, 0.05) is 38.1 Å². The number of carbonyl (C=O) groups excluding carboxylic acids is 1. The molecule has 182 valence electrons. The van der Waals surface area contributed by atoms with Gasteiger partial charge >= 0.3 is 5.97 Å². The van der Waals surface area contributed by atoms with Gasteiger partial charge in [0.2, 0.25) is 0 Å². The molecule has 1 N–H and O–H groups in total. The van der Waals surface area contributed by atoms with Crippen molar-refractivity contribution < 1.29 is 14.3 Å². The zero-order chi connectivity index (χ0) is 24.8. The molecule has 0 saturated carbocycles. The van der Waals surface area contributed by atoms with Crippen LogP contribution < -0.4 is 5.32 Å². The SMILES string of the molecule is COC(=O)c1ccccc1Nc1ccc2c(/C=N/n3cccc3)nn(COCC[Si](C)(C)C)c2c1. The topological polar surface area (TPSA) is 82.7 Å². The Hall–Kier alpha value is -3.69. The van der Waals surface area contributed by atoms with Crippen molar-refractivity contribution in [3.8, 4) is 0 Å². The Labute approximate surface area is 206 Å². The number of hydrogen-bond acceptors (Lipinski definition) is 6. The van der Waals surface area contributed by atoms with Gasteiger partial charge in [-0.05, 0) is 48.5 Å². The van der Waals surface area contributed by atoms with Gasteiger partial charge in [0.15, 0.2) is 0 Å². The molecule has 8 nitrogen and oxygen atoms in total. The molecule has 35 heavy (non-hydrogen) atoms. The van der Waals surface area contributed by atoms with Crippen LogP contribution in [0.5, 0.6) is 0 Å². The molecular weight excluding hydrogens is 458 g/mol. The molecule has 0 spiro atoms. The molecule has 0 aliphatic heterocycles. The fourth-order valence-electron chi connectivity index (χ4n) is 3.56. The summed E-state index contributed by atoms with van der Waals surface area (Å²) in [6, 6.07) is 18.2. The number of carbonyl (C=O) groups is 1. The predicted octanol–water partition coefficient (Wildman–Crippen LogP) is 5.56. The Kier molecular flexibility index (Phi) is 7.47. The van der Waals surface area contributed by atoms with Crippen LogP contribution in [0.1, 0.15) is 16.1 Å². The van der Waals surface area contributed by atoms with Crippen molar-refractivity contribution in [2.75, 3.05) is 19.0 Å². The van der Waals surface area contributed by atoms with Gasteiger partial charge in [0.25, 0.3) is 0 Å². The molecule has 0 amide bonds. The molecule has 4 aromatic rings. The molecule has 0 bridgehead atoms. The Morgan fingerprint density at radius 3 is 2.63 bits per heavy atom. The van der Waals surface area contributed by atoms with Crippen LogP contribution in [0.2, 0.25) is 25.7 Å². The molecule has 0 radical (unpaired) electrons. The van der Waals surface area contributed by atoms with E-state index in [4.69, 9.17) is 14.6 Å². The van der Waals surface area contributed by atoms with Crippen molar-refractivity contribution in [1.29, 1.82) is 0 Å². The summed E-state index contributed by atoms with van der Waals surface area (Å²) in [6.07, 6.45) is 5.49. The molecule has 0 aliphatic rings. The fourth-order valence-corrected chi connectivity index (χ4v) is 4.32. The lowest BCUT2D eigenvalue weighted by atomic mass is 10.1. The molecule has 2 heterocycles. The summed E-state index contributed by atoms with van der Waals surface area (Å²) < 4.78 is 14.5. The number of nitrogens with one attached hydrogen (secondary N) is 1. The van der Waals surface area contributed by atoms with Gasteiger partial charge < -0.3 is 14.8 Å². The standard InChI is InChI=1S/C26H31N5O3Si/c1-33-26(32)22-9-5-6-10-23(22)28-20-11-12-21-24(18-27-30-13-7-8-14-30)29-31(25(21)17-20)19-34-15-16-35(2,3)4/h5-14,17-18,28H,15-16,19H2,1-4H3/b27-18+. The minimum Gasteiger partial charge on any atom is -0.465 e. The maximum Gasteiger partial charge on any atom is 0.339 e. The second-order valence-electron chi connectivity index (χ2n) is 9.43. The van der Waals surface area contributed by atoms with E-state index in [0.29, 0.717) is 24.6 Å². The molecule has 2 aromatic carbocycles. The number of benzene rings is 2. The zero-order valence-corrected chi connectivity index (χ0v) is 21.6. The van der Waals surface area contributed by atoms with Gasteiger partial charge in [-0.2, -0.15) is 10.2 Å². The normalized spacial score (nSPS) is 11.9. The average Bonchev–Trinajstić information content (AvgIpc) is 3.47. The van der Waals surface area contributed by atoms with Crippen molar-refractivity contribution in [2.24, 2.45) is 5.10 Å². The maximum absolute atomic E-state index is 12.2. The van der Waals surface area contributed by atoms with Gasteiger partial charge in [-0.25, -0.2) is 14.2 Å². The van der Waals surface area contributed by atoms with E-state index in [1.807, 2.05) is 65.6 Å². The van der Waals surface area contributed by atoms with Gasteiger partial charge in [-0.15, -0.1) is 0 Å². The van der Waals surface area contributed by atoms with Crippen LogP contribution in [-0.4, -0.2) is 48.4 Å². The summed E-state index contributed by atoms with van der Waals surface area (Å²) in [5, 5.41) is 13.5. The lowest BCUT2D eigenvalue weighted by molar-refractivity contribution is 0.0602. The monoisotopic (exact) mass is 489 g/mol. The van der Waals surface area contributed by atoms with Crippen molar-refractivity contribution in [3.63, 3.8) is 0 Å². The number of rotatable bonds is 10. The van der Waals surface area contributed by atoms with Gasteiger partial charge in [-0.1, -0.05) is 31.8 Å². The first-order valence-corrected chi connectivity index (χ1v) is 15.2. The van der Waals surface area contributed by atoms with Crippen LogP contribution >= 0.6 is 0 Å². The number of anilines is 2. The largest absolute Gasteiger partial charge is 0.465 e. The Bertz CT molecular complexity index is 1320. The van der Waals surface area contributed by atoms with E-state index >= 15 is 0 Å². The van der Waals surface area contributed by atoms with Crippen LogP contribution in [0.25, 0.3) is 10.9 Å². The molecule has 9 heteroatoms. The molecular formula is C26H31N5O3Si. The number of para-hydroxylation sites is 1. The second-order valence-corrected chi connectivity index (χ2v) is 15.1. The van der Waals surface area contributed by atoms with Crippen molar-refractivity contribution in [2.45, 2.75) is 32.4 Å². The van der Waals surface area contributed by atoms with Crippen molar-refractivity contribution in [1.82, 2.24) is 14.5 Å². The smallest absolute Gasteiger partial charge is 0.339 e. The van der Waals surface area contributed by atoms with Gasteiger partial charge in [0.1, 0.15) is 12.4 Å². The molecule has 0 fully saturated rings. The lowest BCUT2D eigenvalue weighted by Gasteiger charge is -2.15. The number of methoxy groups -OCH3 is 1. The van der Waals surface area contributed by atoms with Gasteiger partial charge in [-0.3, -0.25) is 0 Å². The maximum atomic E-state index is 12.2. The van der Waals surface area contributed by atoms with E-state index in [9.17, 15) is 4.79 Å². The quantitative estimate of drug-likeness (QED) is 0.136. The predicted molar refractivity (Wildman–Crippen MR) is 142 cm³/mol. The van der Waals surface area contributed by atoms with Crippen LogP contribution in [0.3, 0.4) is 0 Å². The van der Waals surface area contributed by atoms with E-state index in [1.165, 1.54) is 7.11 Å². The number of nitrogens with zero attached hydrogens (tertiary/aromatic N) is 4. The highest BCUT2D eigenvalue weighted by Gasteiger charge is 2.15. The highest BCUT2D eigenvalue weighted by atomic mass is 28.3. The van der Waals surface area contributed by atoms with E-state index < -0.39 is 14.0 Å². The number of esters is 1. The minimum absolute atomic E-state index is 0.348. The second kappa shape index (κ2) is 10.7. The van der Waals surface area contributed by atoms with Crippen molar-refractivity contribution >= 4 is 42.5 Å². The number of fused-ring (bicyclic) bond motifs is 1. The molecule has 0 atom stereocenters. The third-order valence-electron chi connectivity index (χ3n) is 5.50. The first-order valence-electron chi connectivity index (χ1n) is 11.5. The molecule has 2 aromatic heterocycles. The Morgan fingerprint density at radius 1 is 1.11 bits per heavy atom. The molecule has 0 unspecified atom stereocenters. The Balaban J connectivity index is 1.64. The zero-order valence-electron chi connectivity index (χ0n) is 20.6. The van der Waals surface area contributed by atoms with E-state index in [1.54, 1.807) is 17.0 Å². The molecule has 0 saturated heterocycles. The van der Waals surface area contributed by atoms with Crippen LogP contribution in [-0.2, 0) is 16.2 Å². The first kappa shape index (κ1) is 24.4. The fraction of sp³-hybridized carbons (Fsp3) is 0.269.